The number of alkyl halides is 3. The van der Waals surface area contributed by atoms with Crippen LogP contribution in [0.25, 0.3) is 0 Å². The van der Waals surface area contributed by atoms with Crippen LogP contribution in [0.1, 0.15) is 29.2 Å². The Morgan fingerprint density at radius 2 is 2.16 bits per heavy atom. The first kappa shape index (κ1) is 17.5. The SMILES string of the molecule is Cn1cc(CC(=O)N2C[C@H](O)C[C@@H]2c2cccc(C(F)(F)F)c2)cn1. The van der Waals surface area contributed by atoms with Crippen LogP contribution in [0, 0.1) is 0 Å². The summed E-state index contributed by atoms with van der Waals surface area (Å²) in [7, 11) is 1.74. The van der Waals surface area contributed by atoms with E-state index >= 15 is 0 Å². The molecule has 2 atom stereocenters. The van der Waals surface area contributed by atoms with Crippen LogP contribution < -0.4 is 0 Å². The molecule has 25 heavy (non-hydrogen) atoms. The van der Waals surface area contributed by atoms with Gasteiger partial charge < -0.3 is 10.0 Å². The van der Waals surface area contributed by atoms with Gasteiger partial charge in [0.2, 0.25) is 5.91 Å². The summed E-state index contributed by atoms with van der Waals surface area (Å²) < 4.78 is 40.4. The molecule has 2 aromatic rings. The van der Waals surface area contributed by atoms with Crippen molar-refractivity contribution in [2.45, 2.75) is 31.2 Å². The van der Waals surface area contributed by atoms with Crippen LogP contribution in [-0.2, 0) is 24.4 Å². The molecule has 1 aromatic carbocycles. The molecule has 1 aliphatic rings. The molecule has 2 heterocycles. The Labute approximate surface area is 142 Å². The summed E-state index contributed by atoms with van der Waals surface area (Å²) in [6.45, 7) is 0.111. The van der Waals surface area contributed by atoms with E-state index in [4.69, 9.17) is 0 Å². The Hall–Kier alpha value is -2.35. The van der Waals surface area contributed by atoms with E-state index in [1.54, 1.807) is 30.2 Å². The van der Waals surface area contributed by atoms with Gasteiger partial charge >= 0.3 is 6.18 Å². The number of β-amino-alcohol motifs (C(OH)–C–C–N with tert-alkyl or cyclic N) is 1. The number of aryl methyl sites for hydroxylation is 1. The molecule has 0 unspecified atom stereocenters. The second-order valence-electron chi connectivity index (χ2n) is 6.27. The molecule has 1 amide bonds. The predicted octanol–water partition coefficient (Wildman–Crippen LogP) is 2.32. The maximum absolute atomic E-state index is 12.9. The number of halogens is 3. The molecule has 1 aromatic heterocycles. The van der Waals surface area contributed by atoms with Crippen molar-refractivity contribution < 1.29 is 23.1 Å². The van der Waals surface area contributed by atoms with Crippen molar-refractivity contribution in [3.63, 3.8) is 0 Å². The van der Waals surface area contributed by atoms with Crippen LogP contribution in [0.2, 0.25) is 0 Å². The lowest BCUT2D eigenvalue weighted by molar-refractivity contribution is -0.137. The molecule has 0 aliphatic carbocycles. The fraction of sp³-hybridized carbons (Fsp3) is 0.412. The molecule has 0 bridgehead atoms. The van der Waals surface area contributed by atoms with Crippen LogP contribution in [0.5, 0.6) is 0 Å². The highest BCUT2D eigenvalue weighted by atomic mass is 19.4. The Bertz CT molecular complexity index is 772. The Balaban J connectivity index is 1.83. The summed E-state index contributed by atoms with van der Waals surface area (Å²) in [5.74, 6) is -0.244. The number of amides is 1. The second-order valence-corrected chi connectivity index (χ2v) is 6.27. The van der Waals surface area contributed by atoms with Gasteiger partial charge in [0.05, 0.1) is 30.3 Å². The zero-order chi connectivity index (χ0) is 18.2. The number of aromatic nitrogens is 2. The number of aliphatic hydroxyl groups is 1. The third-order valence-electron chi connectivity index (χ3n) is 4.31. The molecule has 1 fully saturated rings. The van der Waals surface area contributed by atoms with Crippen molar-refractivity contribution in [3.8, 4) is 0 Å². The molecule has 1 saturated heterocycles. The van der Waals surface area contributed by atoms with Crippen molar-refractivity contribution in [1.82, 2.24) is 14.7 Å². The highest BCUT2D eigenvalue weighted by Gasteiger charge is 2.37. The number of hydrogen-bond acceptors (Lipinski definition) is 3. The fourth-order valence-corrected chi connectivity index (χ4v) is 3.17. The van der Waals surface area contributed by atoms with Gasteiger partial charge in [-0.3, -0.25) is 9.48 Å². The molecule has 0 radical (unpaired) electrons. The molecule has 1 N–H and O–H groups in total. The molecule has 0 saturated carbocycles. The van der Waals surface area contributed by atoms with Crippen LogP contribution in [0.15, 0.2) is 36.7 Å². The van der Waals surface area contributed by atoms with Gasteiger partial charge in [-0.1, -0.05) is 12.1 Å². The molecular weight excluding hydrogens is 335 g/mol. The first-order valence-electron chi connectivity index (χ1n) is 7.86. The molecule has 3 rings (SSSR count). The maximum Gasteiger partial charge on any atom is 0.416 e. The van der Waals surface area contributed by atoms with Crippen molar-refractivity contribution in [2.75, 3.05) is 6.54 Å². The number of rotatable bonds is 3. The monoisotopic (exact) mass is 353 g/mol. The minimum Gasteiger partial charge on any atom is -0.391 e. The summed E-state index contributed by atoms with van der Waals surface area (Å²) in [4.78, 5) is 14.0. The van der Waals surface area contributed by atoms with Crippen molar-refractivity contribution in [1.29, 1.82) is 0 Å². The van der Waals surface area contributed by atoms with E-state index < -0.39 is 23.9 Å². The lowest BCUT2D eigenvalue weighted by Gasteiger charge is -2.25. The molecule has 134 valence electrons. The van der Waals surface area contributed by atoms with Crippen molar-refractivity contribution in [2.24, 2.45) is 7.05 Å². The van der Waals surface area contributed by atoms with E-state index in [9.17, 15) is 23.1 Å². The zero-order valence-corrected chi connectivity index (χ0v) is 13.6. The quantitative estimate of drug-likeness (QED) is 0.921. The molecular formula is C17H18F3N3O2. The van der Waals surface area contributed by atoms with E-state index in [1.807, 2.05) is 0 Å². The summed E-state index contributed by atoms with van der Waals surface area (Å²) in [6, 6.07) is 4.36. The third kappa shape index (κ3) is 3.84. The normalized spacial score (nSPS) is 20.9. The summed E-state index contributed by atoms with van der Waals surface area (Å²) in [5.41, 5.74) is 0.341. The van der Waals surface area contributed by atoms with Gasteiger partial charge in [0, 0.05) is 19.8 Å². The number of carbonyl (C=O) groups is 1. The fourth-order valence-electron chi connectivity index (χ4n) is 3.17. The van der Waals surface area contributed by atoms with Crippen LogP contribution in [-0.4, -0.2) is 38.3 Å². The van der Waals surface area contributed by atoms with Gasteiger partial charge in [-0.15, -0.1) is 0 Å². The van der Waals surface area contributed by atoms with E-state index in [-0.39, 0.29) is 25.3 Å². The van der Waals surface area contributed by atoms with Crippen LogP contribution >= 0.6 is 0 Å². The number of carbonyl (C=O) groups excluding carboxylic acids is 1. The highest BCUT2D eigenvalue weighted by Crippen LogP contribution is 2.36. The van der Waals surface area contributed by atoms with E-state index in [0.29, 0.717) is 5.56 Å². The largest absolute Gasteiger partial charge is 0.416 e. The minimum absolute atomic E-state index is 0.0933. The number of likely N-dealkylation sites (tertiary alicyclic amines) is 1. The van der Waals surface area contributed by atoms with Crippen LogP contribution in [0.4, 0.5) is 13.2 Å². The molecule has 1 aliphatic heterocycles. The van der Waals surface area contributed by atoms with E-state index in [0.717, 1.165) is 17.7 Å². The number of benzene rings is 1. The first-order valence-corrected chi connectivity index (χ1v) is 7.86. The van der Waals surface area contributed by atoms with E-state index in [2.05, 4.69) is 5.10 Å². The van der Waals surface area contributed by atoms with Crippen LogP contribution in [0.3, 0.4) is 0 Å². The lowest BCUT2D eigenvalue weighted by atomic mass is 10.0. The van der Waals surface area contributed by atoms with Crippen molar-refractivity contribution in [3.05, 3.63) is 53.3 Å². The average molecular weight is 353 g/mol. The Kier molecular flexibility index (Phi) is 4.55. The molecule has 0 spiro atoms. The second kappa shape index (κ2) is 6.51. The summed E-state index contributed by atoms with van der Waals surface area (Å²) in [5, 5.41) is 13.9. The Morgan fingerprint density at radius 1 is 1.40 bits per heavy atom. The first-order chi connectivity index (χ1) is 11.7. The standard InChI is InChI=1S/C17H18F3N3O2/c1-22-9-11(8-21-22)5-16(25)23-10-14(24)7-15(23)12-3-2-4-13(6-12)17(18,19)20/h2-4,6,8-9,14-15,24H,5,7,10H2,1H3/t14-,15-/m1/s1. The number of aliphatic hydroxyl groups excluding tert-OH is 1. The van der Waals surface area contributed by atoms with Gasteiger partial charge in [-0.25, -0.2) is 0 Å². The highest BCUT2D eigenvalue weighted by molar-refractivity contribution is 5.79. The molecule has 8 heteroatoms. The number of hydrogen-bond donors (Lipinski definition) is 1. The van der Waals surface area contributed by atoms with Gasteiger partial charge in [0.15, 0.2) is 0 Å². The molecule has 5 nitrogen and oxygen atoms in total. The average Bonchev–Trinajstić information content (AvgIpc) is 3.12. The van der Waals surface area contributed by atoms with Gasteiger partial charge in [-0.2, -0.15) is 18.3 Å². The van der Waals surface area contributed by atoms with Gasteiger partial charge in [-0.05, 0) is 29.7 Å². The third-order valence-corrected chi connectivity index (χ3v) is 4.31. The number of nitrogens with zero attached hydrogens (tertiary/aromatic N) is 3. The van der Waals surface area contributed by atoms with E-state index in [1.165, 1.54) is 11.0 Å². The minimum atomic E-state index is -4.45. The van der Waals surface area contributed by atoms with Crippen molar-refractivity contribution >= 4 is 5.91 Å². The maximum atomic E-state index is 12.9. The van der Waals surface area contributed by atoms with Gasteiger partial charge in [0.1, 0.15) is 0 Å². The lowest BCUT2D eigenvalue weighted by Crippen LogP contribution is -2.33. The zero-order valence-electron chi connectivity index (χ0n) is 13.6. The van der Waals surface area contributed by atoms with Gasteiger partial charge in [0.25, 0.3) is 0 Å². The summed E-state index contributed by atoms with van der Waals surface area (Å²) in [6.07, 6.45) is -1.60. The topological polar surface area (TPSA) is 58.4 Å². The predicted molar refractivity (Wildman–Crippen MR) is 83.4 cm³/mol. The smallest absolute Gasteiger partial charge is 0.391 e. The Morgan fingerprint density at radius 3 is 2.80 bits per heavy atom. The summed E-state index contributed by atoms with van der Waals surface area (Å²) >= 11 is 0.